The van der Waals surface area contributed by atoms with Gasteiger partial charge in [-0.1, -0.05) is 24.3 Å². The molecule has 1 unspecified atom stereocenters. The highest BCUT2D eigenvalue weighted by Crippen LogP contribution is 2.22. The Morgan fingerprint density at radius 1 is 1.06 bits per heavy atom. The van der Waals surface area contributed by atoms with E-state index in [0.29, 0.717) is 24.2 Å². The van der Waals surface area contributed by atoms with Gasteiger partial charge in [0, 0.05) is 29.0 Å². The van der Waals surface area contributed by atoms with Crippen LogP contribution in [-0.2, 0) is 16.1 Å². The summed E-state index contributed by atoms with van der Waals surface area (Å²) in [5.74, 6) is -1.50. The SMILES string of the molecule is Cc1cc2ccccc2n1CC(=O)Nc1cccc(C(=O)N2CCCCC2C(=O)O)c1. The molecule has 4 rings (SSSR count). The Morgan fingerprint density at radius 3 is 2.68 bits per heavy atom. The van der Waals surface area contributed by atoms with Gasteiger partial charge in [-0.15, -0.1) is 0 Å². The Bertz CT molecular complexity index is 1150. The van der Waals surface area contributed by atoms with Crippen LogP contribution < -0.4 is 5.32 Å². The van der Waals surface area contributed by atoms with E-state index >= 15 is 0 Å². The number of nitrogens with one attached hydrogen (secondary N) is 1. The first-order valence-corrected chi connectivity index (χ1v) is 10.4. The highest BCUT2D eigenvalue weighted by atomic mass is 16.4. The lowest BCUT2D eigenvalue weighted by Crippen LogP contribution is -2.48. The molecule has 0 aliphatic carbocycles. The Kier molecular flexibility index (Phi) is 5.75. The molecule has 31 heavy (non-hydrogen) atoms. The summed E-state index contributed by atoms with van der Waals surface area (Å²) in [6.07, 6.45) is 2.04. The predicted molar refractivity (Wildman–Crippen MR) is 118 cm³/mol. The maximum absolute atomic E-state index is 12.9. The lowest BCUT2D eigenvalue weighted by molar-refractivity contribution is -0.143. The highest BCUT2D eigenvalue weighted by molar-refractivity contribution is 5.99. The van der Waals surface area contributed by atoms with Gasteiger partial charge in [-0.05, 0) is 61.9 Å². The van der Waals surface area contributed by atoms with Gasteiger partial charge in [0.25, 0.3) is 5.91 Å². The van der Waals surface area contributed by atoms with E-state index in [-0.39, 0.29) is 18.4 Å². The zero-order valence-electron chi connectivity index (χ0n) is 17.4. The van der Waals surface area contributed by atoms with Crippen molar-refractivity contribution in [3.05, 3.63) is 65.9 Å². The van der Waals surface area contributed by atoms with Crippen LogP contribution in [0.3, 0.4) is 0 Å². The lowest BCUT2D eigenvalue weighted by Gasteiger charge is -2.33. The third-order valence-corrected chi connectivity index (χ3v) is 5.76. The van der Waals surface area contributed by atoms with E-state index in [4.69, 9.17) is 0 Å². The molecular weight excluding hydrogens is 394 g/mol. The number of amides is 2. The van der Waals surface area contributed by atoms with Gasteiger partial charge in [-0.2, -0.15) is 0 Å². The number of carbonyl (C=O) groups excluding carboxylic acids is 2. The number of para-hydroxylation sites is 1. The smallest absolute Gasteiger partial charge is 0.326 e. The van der Waals surface area contributed by atoms with Gasteiger partial charge in [0.05, 0.1) is 0 Å². The number of rotatable bonds is 5. The van der Waals surface area contributed by atoms with E-state index in [1.54, 1.807) is 24.3 Å². The molecule has 0 spiro atoms. The van der Waals surface area contributed by atoms with Crippen LogP contribution in [-0.4, -0.2) is 44.9 Å². The average molecular weight is 419 g/mol. The summed E-state index contributed by atoms with van der Waals surface area (Å²) in [5.41, 5.74) is 2.86. The standard InChI is InChI=1S/C24H25N3O4/c1-16-13-17-7-2-3-10-20(17)27(16)15-22(28)25-19-9-6-8-18(14-19)23(29)26-12-5-4-11-21(26)24(30)31/h2-3,6-10,13-14,21H,4-5,11-12,15H2,1H3,(H,25,28)(H,30,31). The van der Waals surface area contributed by atoms with E-state index in [1.807, 2.05) is 41.8 Å². The Balaban J connectivity index is 1.49. The molecule has 160 valence electrons. The first-order valence-electron chi connectivity index (χ1n) is 10.4. The monoisotopic (exact) mass is 419 g/mol. The molecule has 1 aliphatic rings. The third kappa shape index (κ3) is 4.30. The van der Waals surface area contributed by atoms with Gasteiger partial charge < -0.3 is 19.9 Å². The van der Waals surface area contributed by atoms with Crippen molar-refractivity contribution in [3.8, 4) is 0 Å². The molecule has 7 heteroatoms. The number of carboxylic acid groups (broad SMARTS) is 1. The van der Waals surface area contributed by atoms with Gasteiger partial charge in [0.2, 0.25) is 5.91 Å². The molecule has 2 heterocycles. The number of likely N-dealkylation sites (tertiary alicyclic amines) is 1. The molecule has 0 radical (unpaired) electrons. The van der Waals surface area contributed by atoms with Crippen LogP contribution in [0.15, 0.2) is 54.6 Å². The third-order valence-electron chi connectivity index (χ3n) is 5.76. The van der Waals surface area contributed by atoms with Crippen LogP contribution in [0.1, 0.15) is 35.3 Å². The van der Waals surface area contributed by atoms with Crippen molar-refractivity contribution >= 4 is 34.4 Å². The molecule has 2 aromatic carbocycles. The van der Waals surface area contributed by atoms with Crippen molar-refractivity contribution < 1.29 is 19.5 Å². The summed E-state index contributed by atoms with van der Waals surface area (Å²) in [4.78, 5) is 38.6. The molecule has 0 bridgehead atoms. The van der Waals surface area contributed by atoms with Crippen molar-refractivity contribution in [1.29, 1.82) is 0 Å². The molecule has 1 saturated heterocycles. The molecular formula is C24H25N3O4. The second kappa shape index (κ2) is 8.63. The molecule has 3 aromatic rings. The predicted octanol–water partition coefficient (Wildman–Crippen LogP) is 3.67. The Morgan fingerprint density at radius 2 is 1.87 bits per heavy atom. The zero-order valence-corrected chi connectivity index (χ0v) is 17.4. The second-order valence-corrected chi connectivity index (χ2v) is 7.91. The maximum atomic E-state index is 12.9. The fourth-order valence-electron chi connectivity index (χ4n) is 4.23. The quantitative estimate of drug-likeness (QED) is 0.660. The number of aryl methyl sites for hydroxylation is 1. The van der Waals surface area contributed by atoms with Crippen LogP contribution in [0.2, 0.25) is 0 Å². The van der Waals surface area contributed by atoms with Crippen LogP contribution in [0, 0.1) is 6.92 Å². The van der Waals surface area contributed by atoms with Crippen molar-refractivity contribution in [2.45, 2.75) is 38.8 Å². The highest BCUT2D eigenvalue weighted by Gasteiger charge is 2.32. The fourth-order valence-corrected chi connectivity index (χ4v) is 4.23. The molecule has 1 fully saturated rings. The summed E-state index contributed by atoms with van der Waals surface area (Å²) < 4.78 is 1.95. The first-order chi connectivity index (χ1) is 14.9. The number of nitrogens with zero attached hydrogens (tertiary/aromatic N) is 2. The number of carboxylic acids is 1. The van der Waals surface area contributed by atoms with Crippen molar-refractivity contribution in [1.82, 2.24) is 9.47 Å². The minimum Gasteiger partial charge on any atom is -0.480 e. The minimum atomic E-state index is -0.980. The van der Waals surface area contributed by atoms with E-state index in [2.05, 4.69) is 5.32 Å². The topological polar surface area (TPSA) is 91.6 Å². The van der Waals surface area contributed by atoms with E-state index in [9.17, 15) is 19.5 Å². The maximum Gasteiger partial charge on any atom is 0.326 e. The van der Waals surface area contributed by atoms with Gasteiger partial charge >= 0.3 is 5.97 Å². The van der Waals surface area contributed by atoms with Crippen molar-refractivity contribution in [2.75, 3.05) is 11.9 Å². The van der Waals surface area contributed by atoms with Crippen LogP contribution in [0.5, 0.6) is 0 Å². The largest absolute Gasteiger partial charge is 0.480 e. The average Bonchev–Trinajstić information content (AvgIpc) is 3.08. The summed E-state index contributed by atoms with van der Waals surface area (Å²) in [7, 11) is 0. The number of piperidine rings is 1. The molecule has 7 nitrogen and oxygen atoms in total. The normalized spacial score (nSPS) is 16.3. The fraction of sp³-hybridized carbons (Fsp3) is 0.292. The molecule has 2 N–H and O–H groups in total. The molecule has 0 saturated carbocycles. The molecule has 1 aliphatic heterocycles. The Hall–Kier alpha value is -3.61. The van der Waals surface area contributed by atoms with Gasteiger partial charge in [-0.25, -0.2) is 4.79 Å². The summed E-state index contributed by atoms with van der Waals surface area (Å²) in [6, 6.07) is 15.8. The summed E-state index contributed by atoms with van der Waals surface area (Å²) >= 11 is 0. The number of fused-ring (bicyclic) bond motifs is 1. The minimum absolute atomic E-state index is 0.157. The van der Waals surface area contributed by atoms with Crippen LogP contribution in [0.25, 0.3) is 10.9 Å². The number of hydrogen-bond acceptors (Lipinski definition) is 3. The summed E-state index contributed by atoms with van der Waals surface area (Å²) in [5, 5.41) is 13.4. The van der Waals surface area contributed by atoms with Gasteiger partial charge in [0.1, 0.15) is 12.6 Å². The molecule has 1 atom stereocenters. The lowest BCUT2D eigenvalue weighted by atomic mass is 10.0. The van der Waals surface area contributed by atoms with E-state index in [1.165, 1.54) is 4.90 Å². The number of aliphatic carboxylic acids is 1. The number of aromatic nitrogens is 1. The first kappa shape index (κ1) is 20.7. The number of hydrogen-bond donors (Lipinski definition) is 2. The number of carbonyl (C=O) groups is 3. The van der Waals surface area contributed by atoms with Crippen molar-refractivity contribution in [3.63, 3.8) is 0 Å². The number of anilines is 1. The van der Waals surface area contributed by atoms with E-state index in [0.717, 1.165) is 29.4 Å². The van der Waals surface area contributed by atoms with Crippen LogP contribution >= 0.6 is 0 Å². The molecule has 1 aromatic heterocycles. The van der Waals surface area contributed by atoms with Gasteiger partial charge in [-0.3, -0.25) is 9.59 Å². The van der Waals surface area contributed by atoms with Gasteiger partial charge in [0.15, 0.2) is 0 Å². The second-order valence-electron chi connectivity index (χ2n) is 7.91. The van der Waals surface area contributed by atoms with E-state index < -0.39 is 12.0 Å². The summed E-state index contributed by atoms with van der Waals surface area (Å²) in [6.45, 7) is 2.54. The number of benzene rings is 2. The molecule has 2 amide bonds. The zero-order chi connectivity index (χ0) is 22.0. The van der Waals surface area contributed by atoms with Crippen LogP contribution in [0.4, 0.5) is 5.69 Å². The van der Waals surface area contributed by atoms with Crippen molar-refractivity contribution in [2.24, 2.45) is 0 Å². The Labute approximate surface area is 180 Å².